The summed E-state index contributed by atoms with van der Waals surface area (Å²) in [6.45, 7) is 15.2. The number of hydrazine groups is 1. The third kappa shape index (κ3) is 9.69. The highest BCUT2D eigenvalue weighted by Gasteiger charge is 2.27. The lowest BCUT2D eigenvalue weighted by atomic mass is 9.94. The molecule has 2 aromatic heterocycles. The lowest BCUT2D eigenvalue weighted by Crippen LogP contribution is -2.57. The van der Waals surface area contributed by atoms with Crippen LogP contribution in [0.3, 0.4) is 0 Å². The van der Waals surface area contributed by atoms with Gasteiger partial charge in [0.25, 0.3) is 0 Å². The maximum absolute atomic E-state index is 14.5. The van der Waals surface area contributed by atoms with Crippen molar-refractivity contribution < 1.29 is 8.78 Å². The molecule has 9 nitrogen and oxygen atoms in total. The first-order valence-electron chi connectivity index (χ1n) is 23.7. The number of hydrogen-bond acceptors (Lipinski definition) is 7. The number of nitrogens with zero attached hydrogens (tertiary/aromatic N) is 5. The minimum Gasteiger partial charge on any atom is -0.371 e. The third-order valence-electron chi connectivity index (χ3n) is 14.6. The number of fused-ring (bicyclic) bond motifs is 2. The molecule has 63 heavy (non-hydrogen) atoms. The number of benzene rings is 4. The van der Waals surface area contributed by atoms with E-state index >= 15 is 0 Å². The van der Waals surface area contributed by atoms with Gasteiger partial charge in [0.2, 0.25) is 0 Å². The van der Waals surface area contributed by atoms with Crippen molar-refractivity contribution in [2.24, 2.45) is 0 Å². The Bertz CT molecular complexity index is 2500. The number of anilines is 2. The Hall–Kier alpha value is -4.78. The Labute approximate surface area is 371 Å². The number of aromatic nitrogens is 2. The number of aromatic amines is 2. The van der Waals surface area contributed by atoms with Gasteiger partial charge >= 0.3 is 0 Å². The van der Waals surface area contributed by atoms with Crippen molar-refractivity contribution in [1.29, 1.82) is 0 Å². The SMILES string of the molecule is CC(C)N1CCN(NC2CCN(c3cc(Cc4ccc(N5CCC(NC6CCN(C)CC6)CC5)cc4-c4cc5cc(F)ccc5[nH]4)cc(-c4cc5cc(F)ccc5[nH]4)c3)CC2)CC1. The second-order valence-corrected chi connectivity index (χ2v) is 19.2. The summed E-state index contributed by atoms with van der Waals surface area (Å²) in [5.41, 5.74) is 14.8. The number of H-pyrrole nitrogens is 2. The zero-order chi connectivity index (χ0) is 43.0. The topological polar surface area (TPSA) is 71.8 Å². The molecule has 0 atom stereocenters. The maximum atomic E-state index is 14.5. The van der Waals surface area contributed by atoms with E-state index in [-0.39, 0.29) is 11.6 Å². The van der Waals surface area contributed by atoms with Crippen LogP contribution in [0.4, 0.5) is 20.2 Å². The van der Waals surface area contributed by atoms with Crippen molar-refractivity contribution in [2.45, 2.75) is 83.0 Å². The monoisotopic (exact) mass is 854 g/mol. The van der Waals surface area contributed by atoms with E-state index in [1.807, 2.05) is 12.1 Å². The molecular formula is C52H65F2N9. The summed E-state index contributed by atoms with van der Waals surface area (Å²) in [7, 11) is 2.23. The largest absolute Gasteiger partial charge is 0.371 e. The molecule has 6 aromatic rings. The van der Waals surface area contributed by atoms with E-state index in [2.05, 4.69) is 115 Å². The molecule has 4 fully saturated rings. The zero-order valence-corrected chi connectivity index (χ0v) is 37.4. The molecule has 0 spiro atoms. The van der Waals surface area contributed by atoms with Crippen LogP contribution in [0.1, 0.15) is 63.5 Å². The van der Waals surface area contributed by atoms with Crippen molar-refractivity contribution in [2.75, 3.05) is 82.3 Å². The zero-order valence-electron chi connectivity index (χ0n) is 37.4. The normalized spacial score (nSPS) is 19.7. The number of nitrogens with one attached hydrogen (secondary N) is 4. The molecule has 4 saturated heterocycles. The van der Waals surface area contributed by atoms with Crippen molar-refractivity contribution >= 4 is 33.2 Å². The molecule has 0 bridgehead atoms. The molecule has 332 valence electrons. The number of likely N-dealkylation sites (tertiary alicyclic amines) is 1. The highest BCUT2D eigenvalue weighted by molar-refractivity contribution is 5.88. The summed E-state index contributed by atoms with van der Waals surface area (Å²) < 4.78 is 28.8. The maximum Gasteiger partial charge on any atom is 0.123 e. The molecule has 0 radical (unpaired) electrons. The van der Waals surface area contributed by atoms with E-state index < -0.39 is 0 Å². The number of rotatable bonds is 11. The van der Waals surface area contributed by atoms with Gasteiger partial charge in [0.05, 0.1) is 0 Å². The summed E-state index contributed by atoms with van der Waals surface area (Å²) in [6, 6.07) is 30.3. The number of halogens is 2. The number of hydrogen-bond donors (Lipinski definition) is 4. The average Bonchev–Trinajstić information content (AvgIpc) is 3.92. The fourth-order valence-electron chi connectivity index (χ4n) is 10.7. The van der Waals surface area contributed by atoms with E-state index in [1.54, 1.807) is 12.1 Å². The Morgan fingerprint density at radius 1 is 0.587 bits per heavy atom. The van der Waals surface area contributed by atoms with Crippen LogP contribution < -0.4 is 20.5 Å². The number of piperazine rings is 1. The van der Waals surface area contributed by atoms with Crippen molar-refractivity contribution in [3.05, 3.63) is 108 Å². The fourth-order valence-corrected chi connectivity index (χ4v) is 10.7. The van der Waals surface area contributed by atoms with Gasteiger partial charge in [-0.15, -0.1) is 0 Å². The molecule has 4 aliphatic heterocycles. The molecule has 4 N–H and O–H groups in total. The Morgan fingerprint density at radius 2 is 1.17 bits per heavy atom. The predicted octanol–water partition coefficient (Wildman–Crippen LogP) is 9.00. The fraction of sp³-hybridized carbons (Fsp3) is 0.462. The predicted molar refractivity (Wildman–Crippen MR) is 256 cm³/mol. The van der Waals surface area contributed by atoms with E-state index in [0.717, 1.165) is 129 Å². The van der Waals surface area contributed by atoms with Gasteiger partial charge in [-0.25, -0.2) is 13.8 Å². The van der Waals surface area contributed by atoms with Gasteiger partial charge < -0.3 is 30.0 Å². The van der Waals surface area contributed by atoms with Gasteiger partial charge in [-0.3, -0.25) is 10.3 Å². The summed E-state index contributed by atoms with van der Waals surface area (Å²) in [4.78, 5) is 17.3. The second-order valence-electron chi connectivity index (χ2n) is 19.2. The van der Waals surface area contributed by atoms with E-state index in [0.29, 0.717) is 24.2 Å². The molecular weight excluding hydrogens is 789 g/mol. The summed E-state index contributed by atoms with van der Waals surface area (Å²) in [5.74, 6) is -0.461. The molecule has 0 saturated carbocycles. The van der Waals surface area contributed by atoms with Crippen LogP contribution >= 0.6 is 0 Å². The van der Waals surface area contributed by atoms with Crippen LogP contribution in [0.25, 0.3) is 44.3 Å². The summed E-state index contributed by atoms with van der Waals surface area (Å²) in [6.07, 6.45) is 7.60. The first-order chi connectivity index (χ1) is 30.6. The molecule has 10 rings (SSSR count). The highest BCUT2D eigenvalue weighted by Crippen LogP contribution is 2.36. The molecule has 0 unspecified atom stereocenters. The second kappa shape index (κ2) is 18.4. The number of piperidine rings is 3. The molecule has 11 heteroatoms. The van der Waals surface area contributed by atoms with Gasteiger partial charge in [-0.1, -0.05) is 6.07 Å². The molecule has 0 amide bonds. The molecule has 0 aliphatic carbocycles. The first kappa shape index (κ1) is 42.2. The van der Waals surface area contributed by atoms with Crippen LogP contribution in [0.15, 0.2) is 84.9 Å². The van der Waals surface area contributed by atoms with Crippen LogP contribution in [-0.4, -0.2) is 121 Å². The quantitative estimate of drug-likeness (QED) is 0.104. The van der Waals surface area contributed by atoms with Crippen molar-refractivity contribution in [1.82, 2.24) is 35.5 Å². The van der Waals surface area contributed by atoms with Crippen LogP contribution in [0, 0.1) is 11.6 Å². The highest BCUT2D eigenvalue weighted by atomic mass is 19.1. The Morgan fingerprint density at radius 3 is 1.83 bits per heavy atom. The van der Waals surface area contributed by atoms with E-state index in [4.69, 9.17) is 0 Å². The Balaban J connectivity index is 0.926. The smallest absolute Gasteiger partial charge is 0.123 e. The molecule has 6 heterocycles. The van der Waals surface area contributed by atoms with Gasteiger partial charge in [0.1, 0.15) is 11.6 Å². The van der Waals surface area contributed by atoms with Gasteiger partial charge in [0, 0.05) is 132 Å². The lowest BCUT2D eigenvalue weighted by molar-refractivity contribution is 0.0558. The van der Waals surface area contributed by atoms with Gasteiger partial charge in [-0.2, -0.15) is 0 Å². The molecule has 4 aliphatic rings. The summed E-state index contributed by atoms with van der Waals surface area (Å²) >= 11 is 0. The molecule has 4 aromatic carbocycles. The van der Waals surface area contributed by atoms with Crippen LogP contribution in [0.2, 0.25) is 0 Å². The van der Waals surface area contributed by atoms with E-state index in [9.17, 15) is 8.78 Å². The van der Waals surface area contributed by atoms with Gasteiger partial charge in [-0.05, 0) is 169 Å². The first-order valence-corrected chi connectivity index (χ1v) is 23.7. The lowest BCUT2D eigenvalue weighted by Gasteiger charge is -2.41. The van der Waals surface area contributed by atoms with Crippen molar-refractivity contribution in [3.8, 4) is 22.5 Å². The van der Waals surface area contributed by atoms with E-state index in [1.165, 1.54) is 60.6 Å². The third-order valence-corrected chi connectivity index (χ3v) is 14.6. The Kier molecular flexibility index (Phi) is 12.3. The summed E-state index contributed by atoms with van der Waals surface area (Å²) in [5, 5.41) is 8.19. The average molecular weight is 854 g/mol. The minimum absolute atomic E-state index is 0.230. The van der Waals surface area contributed by atoms with Gasteiger partial charge in [0.15, 0.2) is 0 Å². The van der Waals surface area contributed by atoms with Crippen LogP contribution in [-0.2, 0) is 6.42 Å². The standard InChI is InChI=1S/C52H65F2N9/c1-35(2)60-22-24-63(25-23-60)58-45-14-20-62(21-15-45)47-28-36(27-38(31-47)51-32-39-29-41(53)5-8-49(39)56-51)26-37-4-7-46(34-48(37)52-33-40-30-42(54)6-9-50(40)57-52)61-18-12-44(13-19-61)55-43-10-16-59(3)17-11-43/h4-9,27-35,43-45,55-58H,10-26H2,1-3H3. The van der Waals surface area contributed by atoms with Crippen LogP contribution in [0.5, 0.6) is 0 Å². The minimum atomic E-state index is -0.231. The van der Waals surface area contributed by atoms with Crippen molar-refractivity contribution in [3.63, 3.8) is 0 Å².